The molecule has 0 fully saturated rings. The minimum atomic E-state index is -0.560. The molecule has 0 amide bonds. The van der Waals surface area contributed by atoms with Crippen molar-refractivity contribution in [2.75, 3.05) is 0 Å². The fourth-order valence-electron chi connectivity index (χ4n) is 1.47. The Hall–Kier alpha value is -2.03. The van der Waals surface area contributed by atoms with Gasteiger partial charge in [0, 0.05) is 20.9 Å². The molecule has 19 heavy (non-hydrogen) atoms. The van der Waals surface area contributed by atoms with Gasteiger partial charge in [-0.15, -0.1) is 0 Å². The van der Waals surface area contributed by atoms with Crippen molar-refractivity contribution in [1.82, 2.24) is 0 Å². The van der Waals surface area contributed by atoms with E-state index >= 15 is 0 Å². The predicted molar refractivity (Wildman–Crippen MR) is 73.4 cm³/mol. The first-order chi connectivity index (χ1) is 9.10. The number of nitriles is 1. The maximum absolute atomic E-state index is 10.7. The molecule has 6 heteroatoms. The molecule has 94 valence electrons. The van der Waals surface area contributed by atoms with Crippen LogP contribution in [0.25, 0.3) is 0 Å². The molecular formula is C13H7ClN2O2S. The molecule has 0 unspecified atom stereocenters. The summed E-state index contributed by atoms with van der Waals surface area (Å²) in [5.41, 5.74) is -0.119. The third-order valence-electron chi connectivity index (χ3n) is 2.33. The van der Waals surface area contributed by atoms with Crippen LogP contribution in [0.15, 0.2) is 52.3 Å². The van der Waals surface area contributed by atoms with Gasteiger partial charge in [0.2, 0.25) is 0 Å². The summed E-state index contributed by atoms with van der Waals surface area (Å²) in [5, 5.41) is 20.3. The Labute approximate surface area is 118 Å². The average Bonchev–Trinajstić information content (AvgIpc) is 2.41. The number of nitrogens with zero attached hydrogens (tertiary/aromatic N) is 2. The normalized spacial score (nSPS) is 9.89. The monoisotopic (exact) mass is 290 g/mol. The van der Waals surface area contributed by atoms with Crippen LogP contribution in [0.2, 0.25) is 5.02 Å². The van der Waals surface area contributed by atoms with E-state index in [1.165, 1.54) is 23.9 Å². The highest BCUT2D eigenvalue weighted by Gasteiger charge is 2.13. The summed E-state index contributed by atoms with van der Waals surface area (Å²) in [6, 6.07) is 13.5. The highest BCUT2D eigenvalue weighted by Crippen LogP contribution is 2.31. The van der Waals surface area contributed by atoms with Gasteiger partial charge in [0.1, 0.15) is 11.6 Å². The third-order valence-corrected chi connectivity index (χ3v) is 3.58. The van der Waals surface area contributed by atoms with E-state index < -0.39 is 4.92 Å². The SMILES string of the molecule is N#Cc1cc(Sc2ccc(Cl)cc2)ccc1[N+](=O)[O-]. The quantitative estimate of drug-likeness (QED) is 0.625. The van der Waals surface area contributed by atoms with E-state index in [1.807, 2.05) is 18.2 Å². The maximum atomic E-state index is 10.7. The van der Waals surface area contributed by atoms with Crippen LogP contribution in [0.4, 0.5) is 5.69 Å². The number of nitro groups is 1. The lowest BCUT2D eigenvalue weighted by atomic mass is 10.2. The van der Waals surface area contributed by atoms with E-state index in [2.05, 4.69) is 0 Å². The Morgan fingerprint density at radius 3 is 2.37 bits per heavy atom. The number of halogens is 1. The topological polar surface area (TPSA) is 66.9 Å². The van der Waals surface area contributed by atoms with E-state index in [9.17, 15) is 10.1 Å². The molecule has 2 rings (SSSR count). The van der Waals surface area contributed by atoms with Gasteiger partial charge in [-0.25, -0.2) is 0 Å². The predicted octanol–water partition coefficient (Wildman–Crippen LogP) is 4.27. The summed E-state index contributed by atoms with van der Waals surface area (Å²) in [5.74, 6) is 0. The third kappa shape index (κ3) is 3.25. The molecule has 0 bridgehead atoms. The fraction of sp³-hybridized carbons (Fsp3) is 0. The van der Waals surface area contributed by atoms with Gasteiger partial charge in [-0.2, -0.15) is 5.26 Å². The average molecular weight is 291 g/mol. The lowest BCUT2D eigenvalue weighted by molar-refractivity contribution is -0.385. The van der Waals surface area contributed by atoms with Crippen molar-refractivity contribution in [3.05, 3.63) is 63.2 Å². The van der Waals surface area contributed by atoms with Crippen LogP contribution in [-0.4, -0.2) is 4.92 Å². The molecule has 0 aliphatic carbocycles. The number of nitro benzene ring substituents is 1. The summed E-state index contributed by atoms with van der Waals surface area (Å²) in [7, 11) is 0. The molecule has 0 aliphatic rings. The van der Waals surface area contributed by atoms with E-state index in [0.717, 1.165) is 9.79 Å². The molecule has 4 nitrogen and oxygen atoms in total. The largest absolute Gasteiger partial charge is 0.287 e. The van der Waals surface area contributed by atoms with E-state index in [1.54, 1.807) is 18.2 Å². The van der Waals surface area contributed by atoms with Gasteiger partial charge in [-0.3, -0.25) is 10.1 Å². The Bertz CT molecular complexity index is 665. The molecule has 2 aromatic rings. The number of hydrogen-bond acceptors (Lipinski definition) is 4. The standard InChI is InChI=1S/C13H7ClN2O2S/c14-10-1-3-11(4-2-10)19-12-5-6-13(16(17)18)9(7-12)8-15/h1-7H. The van der Waals surface area contributed by atoms with Crippen molar-refractivity contribution < 1.29 is 4.92 Å². The lowest BCUT2D eigenvalue weighted by Gasteiger charge is -2.02. The second kappa shape index (κ2) is 5.74. The van der Waals surface area contributed by atoms with Crippen molar-refractivity contribution in [3.63, 3.8) is 0 Å². The van der Waals surface area contributed by atoms with Crippen LogP contribution in [0, 0.1) is 21.4 Å². The second-order valence-electron chi connectivity index (χ2n) is 3.60. The zero-order valence-electron chi connectivity index (χ0n) is 9.54. The first kappa shape index (κ1) is 13.4. The Balaban J connectivity index is 2.29. The van der Waals surface area contributed by atoms with Crippen molar-refractivity contribution >= 4 is 29.1 Å². The molecule has 0 saturated heterocycles. The summed E-state index contributed by atoms with van der Waals surface area (Å²) < 4.78 is 0. The van der Waals surface area contributed by atoms with Gasteiger partial charge < -0.3 is 0 Å². The molecule has 0 radical (unpaired) electrons. The molecule has 2 aromatic carbocycles. The summed E-state index contributed by atoms with van der Waals surface area (Å²) in [6.45, 7) is 0. The first-order valence-electron chi connectivity index (χ1n) is 5.22. The maximum Gasteiger partial charge on any atom is 0.287 e. The molecule has 0 saturated carbocycles. The van der Waals surface area contributed by atoms with Crippen molar-refractivity contribution in [2.24, 2.45) is 0 Å². The van der Waals surface area contributed by atoms with Crippen molar-refractivity contribution in [1.29, 1.82) is 5.26 Å². The fourth-order valence-corrected chi connectivity index (χ4v) is 2.45. The van der Waals surface area contributed by atoms with E-state index in [0.29, 0.717) is 5.02 Å². The van der Waals surface area contributed by atoms with Crippen molar-refractivity contribution in [3.8, 4) is 6.07 Å². The van der Waals surface area contributed by atoms with Gasteiger partial charge in [0.25, 0.3) is 5.69 Å². The summed E-state index contributed by atoms with van der Waals surface area (Å²) in [6.07, 6.45) is 0. The van der Waals surface area contributed by atoms with E-state index in [-0.39, 0.29) is 11.3 Å². The number of hydrogen-bond donors (Lipinski definition) is 0. The molecule has 0 atom stereocenters. The minimum Gasteiger partial charge on any atom is -0.258 e. The van der Waals surface area contributed by atoms with Gasteiger partial charge >= 0.3 is 0 Å². The highest BCUT2D eigenvalue weighted by atomic mass is 35.5. The van der Waals surface area contributed by atoms with Crippen LogP contribution in [0.1, 0.15) is 5.56 Å². The molecular weight excluding hydrogens is 284 g/mol. The zero-order chi connectivity index (χ0) is 13.8. The van der Waals surface area contributed by atoms with Crippen LogP contribution in [-0.2, 0) is 0 Å². The number of rotatable bonds is 3. The first-order valence-corrected chi connectivity index (χ1v) is 6.41. The van der Waals surface area contributed by atoms with Gasteiger partial charge in [0.05, 0.1) is 4.92 Å². The molecule has 0 heterocycles. The number of benzene rings is 2. The van der Waals surface area contributed by atoms with Crippen LogP contribution in [0.3, 0.4) is 0 Å². The molecule has 0 aliphatic heterocycles. The Morgan fingerprint density at radius 2 is 1.79 bits per heavy atom. The Kier molecular flexibility index (Phi) is 4.05. The summed E-state index contributed by atoms with van der Waals surface area (Å²) in [4.78, 5) is 11.9. The van der Waals surface area contributed by atoms with E-state index in [4.69, 9.17) is 16.9 Å². The highest BCUT2D eigenvalue weighted by molar-refractivity contribution is 7.99. The van der Waals surface area contributed by atoms with Gasteiger partial charge in [-0.1, -0.05) is 23.4 Å². The molecule has 0 spiro atoms. The van der Waals surface area contributed by atoms with Crippen LogP contribution < -0.4 is 0 Å². The minimum absolute atomic E-state index is 0.0592. The molecule has 0 aromatic heterocycles. The zero-order valence-corrected chi connectivity index (χ0v) is 11.1. The van der Waals surface area contributed by atoms with Crippen LogP contribution >= 0.6 is 23.4 Å². The Morgan fingerprint density at radius 1 is 1.16 bits per heavy atom. The summed E-state index contributed by atoms with van der Waals surface area (Å²) >= 11 is 7.20. The van der Waals surface area contributed by atoms with Crippen LogP contribution in [0.5, 0.6) is 0 Å². The molecule has 0 N–H and O–H groups in total. The van der Waals surface area contributed by atoms with Gasteiger partial charge in [-0.05, 0) is 36.4 Å². The van der Waals surface area contributed by atoms with Gasteiger partial charge in [0.15, 0.2) is 0 Å². The lowest BCUT2D eigenvalue weighted by Crippen LogP contribution is -1.92. The second-order valence-corrected chi connectivity index (χ2v) is 5.19. The smallest absolute Gasteiger partial charge is 0.258 e. The van der Waals surface area contributed by atoms with Crippen molar-refractivity contribution in [2.45, 2.75) is 9.79 Å².